The summed E-state index contributed by atoms with van der Waals surface area (Å²) >= 11 is 0. The fourth-order valence-electron chi connectivity index (χ4n) is 2.47. The molecule has 0 aliphatic carbocycles. The number of carboxylic acids is 1. The van der Waals surface area contributed by atoms with Gasteiger partial charge in [0, 0.05) is 32.1 Å². The molecule has 2 unspecified atom stereocenters. The van der Waals surface area contributed by atoms with Crippen LogP contribution >= 0.6 is 0 Å². The summed E-state index contributed by atoms with van der Waals surface area (Å²) in [6.45, 7) is 1.22. The summed E-state index contributed by atoms with van der Waals surface area (Å²) in [5.74, 6) is -1.35. The topological polar surface area (TPSA) is 87.1 Å². The van der Waals surface area contributed by atoms with Gasteiger partial charge in [0.25, 0.3) is 0 Å². The fraction of sp³-hybridized carbons (Fsp3) is 0.818. The van der Waals surface area contributed by atoms with Gasteiger partial charge in [-0.25, -0.2) is 4.79 Å². The maximum atomic E-state index is 12.2. The molecule has 6 heteroatoms. The number of aliphatic hydroxyl groups excluding tert-OH is 1. The zero-order valence-electron chi connectivity index (χ0n) is 9.54. The van der Waals surface area contributed by atoms with Gasteiger partial charge in [0.2, 0.25) is 5.91 Å². The van der Waals surface area contributed by atoms with Crippen molar-refractivity contribution in [3.05, 3.63) is 0 Å². The lowest BCUT2D eigenvalue weighted by Gasteiger charge is -2.28. The molecule has 2 atom stereocenters. The summed E-state index contributed by atoms with van der Waals surface area (Å²) in [6.07, 6.45) is 0.680. The largest absolute Gasteiger partial charge is 0.480 e. The third-order valence-corrected chi connectivity index (χ3v) is 3.42. The van der Waals surface area contributed by atoms with Crippen LogP contribution in [-0.4, -0.2) is 58.9 Å². The van der Waals surface area contributed by atoms with Gasteiger partial charge in [-0.3, -0.25) is 4.79 Å². The average Bonchev–Trinajstić information content (AvgIpc) is 2.72. The van der Waals surface area contributed by atoms with Crippen molar-refractivity contribution in [3.8, 4) is 0 Å². The monoisotopic (exact) mass is 243 g/mol. The molecule has 2 fully saturated rings. The van der Waals surface area contributed by atoms with Gasteiger partial charge in [0.05, 0.1) is 6.10 Å². The van der Waals surface area contributed by atoms with E-state index in [-0.39, 0.29) is 24.8 Å². The Morgan fingerprint density at radius 2 is 1.88 bits per heavy atom. The molecule has 0 bridgehead atoms. The Balaban J connectivity index is 2.04. The predicted molar refractivity (Wildman–Crippen MR) is 57.3 cm³/mol. The van der Waals surface area contributed by atoms with Crippen LogP contribution in [-0.2, 0) is 14.3 Å². The van der Waals surface area contributed by atoms with Crippen LogP contribution in [0.4, 0.5) is 0 Å². The molecule has 0 spiro atoms. The van der Waals surface area contributed by atoms with Crippen molar-refractivity contribution in [2.24, 2.45) is 5.92 Å². The molecule has 0 aromatic rings. The number of carbonyl (C=O) groups excluding carboxylic acids is 1. The smallest absolute Gasteiger partial charge is 0.326 e. The molecular formula is C11H17NO5. The molecule has 17 heavy (non-hydrogen) atoms. The van der Waals surface area contributed by atoms with E-state index in [1.54, 1.807) is 0 Å². The summed E-state index contributed by atoms with van der Waals surface area (Å²) in [5, 5.41) is 18.5. The predicted octanol–water partition coefficient (Wildman–Crippen LogP) is -0.541. The molecule has 0 aromatic heterocycles. The third-order valence-electron chi connectivity index (χ3n) is 3.42. The number of aliphatic hydroxyl groups is 1. The van der Waals surface area contributed by atoms with Crippen molar-refractivity contribution in [1.82, 2.24) is 4.90 Å². The third kappa shape index (κ3) is 2.58. The Labute approximate surface area is 99.2 Å². The van der Waals surface area contributed by atoms with Crippen LogP contribution in [0.3, 0.4) is 0 Å². The molecule has 2 heterocycles. The molecule has 2 saturated heterocycles. The fourth-order valence-corrected chi connectivity index (χ4v) is 2.47. The molecular weight excluding hydrogens is 226 g/mol. The van der Waals surface area contributed by atoms with Crippen LogP contribution in [0.15, 0.2) is 0 Å². The molecule has 0 radical (unpaired) electrons. The van der Waals surface area contributed by atoms with E-state index < -0.39 is 18.1 Å². The molecule has 6 nitrogen and oxygen atoms in total. The Bertz CT molecular complexity index is 313. The summed E-state index contributed by atoms with van der Waals surface area (Å²) < 4.78 is 5.17. The Hall–Kier alpha value is -1.14. The van der Waals surface area contributed by atoms with Crippen LogP contribution in [0.5, 0.6) is 0 Å². The zero-order chi connectivity index (χ0) is 12.4. The second-order valence-electron chi connectivity index (χ2n) is 4.62. The molecule has 0 saturated carbocycles. The first-order valence-electron chi connectivity index (χ1n) is 5.88. The minimum Gasteiger partial charge on any atom is -0.480 e. The van der Waals surface area contributed by atoms with Gasteiger partial charge in [-0.05, 0) is 12.8 Å². The van der Waals surface area contributed by atoms with E-state index in [9.17, 15) is 14.7 Å². The molecule has 0 aromatic carbocycles. The van der Waals surface area contributed by atoms with Gasteiger partial charge < -0.3 is 19.8 Å². The highest BCUT2D eigenvalue weighted by molar-refractivity contribution is 5.85. The standard InChI is InChI=1S/C11H17NO5/c13-8-5-9(11(15)16)12(6-8)10(14)7-1-3-17-4-2-7/h7-9,13H,1-6H2,(H,15,16). The minimum atomic E-state index is -1.04. The van der Waals surface area contributed by atoms with E-state index in [1.807, 2.05) is 0 Å². The average molecular weight is 243 g/mol. The Morgan fingerprint density at radius 1 is 1.24 bits per heavy atom. The second kappa shape index (κ2) is 5.01. The molecule has 1 amide bonds. The summed E-state index contributed by atoms with van der Waals surface area (Å²) in [5.41, 5.74) is 0. The van der Waals surface area contributed by atoms with Crippen LogP contribution < -0.4 is 0 Å². The number of likely N-dealkylation sites (tertiary alicyclic amines) is 1. The Kier molecular flexibility index (Phi) is 3.63. The van der Waals surface area contributed by atoms with E-state index in [4.69, 9.17) is 9.84 Å². The summed E-state index contributed by atoms with van der Waals surface area (Å²) in [7, 11) is 0. The molecule has 96 valence electrons. The maximum Gasteiger partial charge on any atom is 0.326 e. The van der Waals surface area contributed by atoms with Crippen molar-refractivity contribution in [2.75, 3.05) is 19.8 Å². The van der Waals surface area contributed by atoms with Gasteiger partial charge in [-0.2, -0.15) is 0 Å². The number of carbonyl (C=O) groups is 2. The lowest BCUT2D eigenvalue weighted by atomic mass is 9.98. The van der Waals surface area contributed by atoms with E-state index >= 15 is 0 Å². The highest BCUT2D eigenvalue weighted by atomic mass is 16.5. The van der Waals surface area contributed by atoms with Crippen LogP contribution in [0.2, 0.25) is 0 Å². The van der Waals surface area contributed by atoms with E-state index in [2.05, 4.69) is 0 Å². The summed E-state index contributed by atoms with van der Waals surface area (Å²) in [4.78, 5) is 24.5. The lowest BCUT2D eigenvalue weighted by Crippen LogP contribution is -2.44. The first-order valence-corrected chi connectivity index (χ1v) is 5.88. The van der Waals surface area contributed by atoms with Gasteiger partial charge in [0.1, 0.15) is 6.04 Å². The zero-order valence-corrected chi connectivity index (χ0v) is 9.54. The van der Waals surface area contributed by atoms with Crippen LogP contribution in [0.1, 0.15) is 19.3 Å². The first kappa shape index (κ1) is 12.3. The van der Waals surface area contributed by atoms with Crippen molar-refractivity contribution < 1.29 is 24.5 Å². The molecule has 2 aliphatic rings. The number of hydrogen-bond acceptors (Lipinski definition) is 4. The second-order valence-corrected chi connectivity index (χ2v) is 4.62. The highest BCUT2D eigenvalue weighted by Gasteiger charge is 2.41. The highest BCUT2D eigenvalue weighted by Crippen LogP contribution is 2.24. The van der Waals surface area contributed by atoms with Crippen molar-refractivity contribution in [1.29, 1.82) is 0 Å². The van der Waals surface area contributed by atoms with Crippen molar-refractivity contribution in [3.63, 3.8) is 0 Å². The van der Waals surface area contributed by atoms with Gasteiger partial charge in [0.15, 0.2) is 0 Å². The van der Waals surface area contributed by atoms with E-state index in [1.165, 1.54) is 4.90 Å². The maximum absolute atomic E-state index is 12.2. The lowest BCUT2D eigenvalue weighted by molar-refractivity contribution is -0.151. The first-order chi connectivity index (χ1) is 8.09. The quantitative estimate of drug-likeness (QED) is 0.680. The number of rotatable bonds is 2. The number of nitrogens with zero attached hydrogens (tertiary/aromatic N) is 1. The van der Waals surface area contributed by atoms with Gasteiger partial charge in [-0.15, -0.1) is 0 Å². The SMILES string of the molecule is O=C(O)C1CC(O)CN1C(=O)C1CCOCC1. The minimum absolute atomic E-state index is 0.129. The molecule has 2 rings (SSSR count). The number of β-amino-alcohol motifs (C(OH)–C–C–N with tert-alkyl or cyclic N) is 1. The van der Waals surface area contributed by atoms with Crippen molar-refractivity contribution in [2.45, 2.75) is 31.4 Å². The summed E-state index contributed by atoms with van der Waals surface area (Å²) in [6, 6.07) is -0.875. The van der Waals surface area contributed by atoms with Gasteiger partial charge >= 0.3 is 5.97 Å². The number of hydrogen-bond donors (Lipinski definition) is 2. The van der Waals surface area contributed by atoms with E-state index in [0.717, 1.165) is 0 Å². The Morgan fingerprint density at radius 3 is 2.47 bits per heavy atom. The number of aliphatic carboxylic acids is 1. The number of amides is 1. The van der Waals surface area contributed by atoms with Gasteiger partial charge in [-0.1, -0.05) is 0 Å². The number of ether oxygens (including phenoxy) is 1. The molecule has 2 aliphatic heterocycles. The van der Waals surface area contributed by atoms with Crippen molar-refractivity contribution >= 4 is 11.9 Å². The van der Waals surface area contributed by atoms with Crippen LogP contribution in [0, 0.1) is 5.92 Å². The molecule has 2 N–H and O–H groups in total. The van der Waals surface area contributed by atoms with Crippen LogP contribution in [0.25, 0.3) is 0 Å². The van der Waals surface area contributed by atoms with E-state index in [0.29, 0.717) is 26.1 Å². The number of carboxylic acid groups (broad SMARTS) is 1. The normalized spacial score (nSPS) is 30.5.